The second-order valence-corrected chi connectivity index (χ2v) is 8.52. The molecule has 3 heterocycles. The van der Waals surface area contributed by atoms with E-state index >= 15 is 0 Å². The van der Waals surface area contributed by atoms with Crippen molar-refractivity contribution in [3.63, 3.8) is 0 Å². The van der Waals surface area contributed by atoms with Gasteiger partial charge in [0.1, 0.15) is 23.0 Å². The van der Waals surface area contributed by atoms with E-state index < -0.39 is 0 Å². The number of para-hydroxylation sites is 2. The first kappa shape index (κ1) is 18.6. The zero-order chi connectivity index (χ0) is 21.9. The molecule has 0 saturated carbocycles. The molecule has 1 aliphatic heterocycles. The summed E-state index contributed by atoms with van der Waals surface area (Å²) in [6, 6.07) is 22.1. The maximum Gasteiger partial charge on any atom is 0.226 e. The van der Waals surface area contributed by atoms with Crippen LogP contribution in [0.15, 0.2) is 83.3 Å². The van der Waals surface area contributed by atoms with Gasteiger partial charge in [-0.1, -0.05) is 54.6 Å². The minimum absolute atomic E-state index is 0.0479. The number of hydrogen-bond donors (Lipinski definition) is 0. The SMILES string of the molecule is Clc1nc(C2=CC=C3c4ccccc4OC3C2)nc(-c2ccc3c(c2)oc2ccccc23)n1. The molecule has 1 atom stereocenters. The largest absolute Gasteiger partial charge is 0.485 e. The number of fused-ring (bicyclic) bond motifs is 6. The van der Waals surface area contributed by atoms with E-state index in [1.807, 2.05) is 54.6 Å². The quantitative estimate of drug-likeness (QED) is 0.299. The van der Waals surface area contributed by atoms with Gasteiger partial charge < -0.3 is 9.15 Å². The Morgan fingerprint density at radius 2 is 1.61 bits per heavy atom. The minimum Gasteiger partial charge on any atom is -0.485 e. The van der Waals surface area contributed by atoms with Crippen LogP contribution in [-0.2, 0) is 0 Å². The van der Waals surface area contributed by atoms with E-state index in [-0.39, 0.29) is 11.4 Å². The van der Waals surface area contributed by atoms with Crippen LogP contribution in [0.1, 0.15) is 17.8 Å². The monoisotopic (exact) mass is 449 g/mol. The van der Waals surface area contributed by atoms with E-state index in [4.69, 9.17) is 25.7 Å². The molecule has 0 fully saturated rings. The van der Waals surface area contributed by atoms with Crippen molar-refractivity contribution in [3.8, 4) is 17.1 Å². The topological polar surface area (TPSA) is 61.0 Å². The Labute approximate surface area is 194 Å². The Bertz CT molecular complexity index is 1650. The van der Waals surface area contributed by atoms with E-state index in [0.29, 0.717) is 18.1 Å². The van der Waals surface area contributed by atoms with E-state index in [1.54, 1.807) is 0 Å². The molecule has 1 unspecified atom stereocenters. The third-order valence-corrected chi connectivity index (χ3v) is 6.38. The fourth-order valence-corrected chi connectivity index (χ4v) is 4.82. The normalized spacial score (nSPS) is 16.8. The molecule has 0 bridgehead atoms. The molecule has 5 aromatic rings. The summed E-state index contributed by atoms with van der Waals surface area (Å²) in [6.07, 6.45) is 4.76. The molecule has 0 N–H and O–H groups in total. The van der Waals surface area contributed by atoms with Crippen LogP contribution in [0.2, 0.25) is 5.28 Å². The Balaban J connectivity index is 1.29. The van der Waals surface area contributed by atoms with Gasteiger partial charge in [0.05, 0.1) is 0 Å². The Hall–Kier alpha value is -3.96. The highest BCUT2D eigenvalue weighted by Gasteiger charge is 2.31. The van der Waals surface area contributed by atoms with Crippen molar-refractivity contribution in [2.24, 2.45) is 0 Å². The molecule has 158 valence electrons. The van der Waals surface area contributed by atoms with E-state index in [2.05, 4.69) is 34.3 Å². The van der Waals surface area contributed by atoms with Gasteiger partial charge in [-0.3, -0.25) is 0 Å². The zero-order valence-electron chi connectivity index (χ0n) is 17.3. The Morgan fingerprint density at radius 1 is 0.788 bits per heavy atom. The number of aromatic nitrogens is 3. The molecule has 7 rings (SSSR count). The van der Waals surface area contributed by atoms with Crippen LogP contribution in [-0.4, -0.2) is 21.1 Å². The lowest BCUT2D eigenvalue weighted by molar-refractivity contribution is 0.281. The molecular weight excluding hydrogens is 434 g/mol. The van der Waals surface area contributed by atoms with Crippen LogP contribution in [0.25, 0.3) is 44.5 Å². The summed E-state index contributed by atoms with van der Waals surface area (Å²) in [5.41, 5.74) is 5.76. The third-order valence-electron chi connectivity index (χ3n) is 6.22. The number of furan rings is 1. The maximum absolute atomic E-state index is 6.33. The van der Waals surface area contributed by atoms with Crippen LogP contribution < -0.4 is 4.74 Å². The van der Waals surface area contributed by atoms with Gasteiger partial charge >= 0.3 is 0 Å². The molecule has 0 saturated heterocycles. The summed E-state index contributed by atoms with van der Waals surface area (Å²) >= 11 is 6.33. The van der Waals surface area contributed by atoms with Crippen molar-refractivity contribution < 1.29 is 9.15 Å². The number of hydrogen-bond acceptors (Lipinski definition) is 5. The number of benzene rings is 3. The van der Waals surface area contributed by atoms with Gasteiger partial charge in [-0.25, -0.2) is 4.98 Å². The van der Waals surface area contributed by atoms with E-state index in [1.165, 1.54) is 5.57 Å². The molecule has 6 heteroatoms. The first-order valence-corrected chi connectivity index (χ1v) is 11.1. The third kappa shape index (κ3) is 2.97. The molecule has 33 heavy (non-hydrogen) atoms. The standard InChI is InChI=1S/C27H16ClN3O2/c28-27-30-25(15-9-11-19-17-5-1-3-7-21(17)32-23(19)13-15)29-26(31-27)16-10-12-20-18-6-2-4-8-22(18)33-24(20)14-16/h1-13,24H,14H2. The summed E-state index contributed by atoms with van der Waals surface area (Å²) < 4.78 is 12.2. The highest BCUT2D eigenvalue weighted by Crippen LogP contribution is 2.43. The molecule has 0 amide bonds. The second-order valence-electron chi connectivity index (χ2n) is 8.18. The van der Waals surface area contributed by atoms with E-state index in [0.717, 1.165) is 44.4 Å². The first-order valence-electron chi connectivity index (χ1n) is 10.7. The van der Waals surface area contributed by atoms with Gasteiger partial charge in [0.15, 0.2) is 11.6 Å². The molecule has 5 nitrogen and oxygen atoms in total. The number of nitrogens with zero attached hydrogens (tertiary/aromatic N) is 3. The van der Waals surface area contributed by atoms with Crippen molar-refractivity contribution in [1.82, 2.24) is 15.0 Å². The average molecular weight is 450 g/mol. The van der Waals surface area contributed by atoms with Crippen molar-refractivity contribution in [2.75, 3.05) is 0 Å². The molecule has 0 radical (unpaired) electrons. The Morgan fingerprint density at radius 3 is 2.58 bits per heavy atom. The van der Waals surface area contributed by atoms with Crippen molar-refractivity contribution in [3.05, 3.63) is 95.6 Å². The molecule has 0 spiro atoms. The van der Waals surface area contributed by atoms with Crippen LogP contribution in [0, 0.1) is 0 Å². The fourth-order valence-electron chi connectivity index (χ4n) is 4.66. The number of halogens is 1. The van der Waals surface area contributed by atoms with Gasteiger partial charge in [-0.05, 0) is 35.9 Å². The second kappa shape index (κ2) is 7.02. The van der Waals surface area contributed by atoms with Gasteiger partial charge in [0.2, 0.25) is 5.28 Å². The minimum atomic E-state index is -0.0479. The molecular formula is C27H16ClN3O2. The van der Waals surface area contributed by atoms with E-state index in [9.17, 15) is 0 Å². The van der Waals surface area contributed by atoms with Crippen LogP contribution in [0.4, 0.5) is 0 Å². The average Bonchev–Trinajstić information content (AvgIpc) is 3.40. The lowest BCUT2D eigenvalue weighted by atomic mass is 9.92. The lowest BCUT2D eigenvalue weighted by Gasteiger charge is -2.18. The summed E-state index contributed by atoms with van der Waals surface area (Å²) in [5, 5.41) is 2.30. The van der Waals surface area contributed by atoms with Gasteiger partial charge in [0, 0.05) is 39.5 Å². The highest BCUT2D eigenvalue weighted by atomic mass is 35.5. The summed E-state index contributed by atoms with van der Waals surface area (Å²) in [7, 11) is 0. The smallest absolute Gasteiger partial charge is 0.226 e. The predicted octanol–water partition coefficient (Wildman–Crippen LogP) is 6.72. The molecule has 2 aromatic heterocycles. The number of rotatable bonds is 2. The van der Waals surface area contributed by atoms with Crippen molar-refractivity contribution in [1.29, 1.82) is 0 Å². The van der Waals surface area contributed by atoms with Crippen LogP contribution >= 0.6 is 11.6 Å². The first-order chi connectivity index (χ1) is 16.2. The Kier molecular flexibility index (Phi) is 3.96. The van der Waals surface area contributed by atoms with Gasteiger partial charge in [-0.2, -0.15) is 9.97 Å². The zero-order valence-corrected chi connectivity index (χ0v) is 18.1. The van der Waals surface area contributed by atoms with Crippen LogP contribution in [0.3, 0.4) is 0 Å². The van der Waals surface area contributed by atoms with Crippen LogP contribution in [0.5, 0.6) is 5.75 Å². The predicted molar refractivity (Wildman–Crippen MR) is 129 cm³/mol. The van der Waals surface area contributed by atoms with Gasteiger partial charge in [-0.15, -0.1) is 0 Å². The fraction of sp³-hybridized carbons (Fsp3) is 0.0741. The lowest BCUT2D eigenvalue weighted by Crippen LogP contribution is -2.16. The van der Waals surface area contributed by atoms with Crippen molar-refractivity contribution >= 4 is 44.7 Å². The summed E-state index contributed by atoms with van der Waals surface area (Å²) in [5.74, 6) is 1.99. The molecule has 2 aliphatic rings. The van der Waals surface area contributed by atoms with Crippen molar-refractivity contribution in [2.45, 2.75) is 12.5 Å². The van der Waals surface area contributed by atoms with Gasteiger partial charge in [0.25, 0.3) is 0 Å². The molecule has 3 aromatic carbocycles. The molecule has 1 aliphatic carbocycles. The summed E-state index contributed by atoms with van der Waals surface area (Å²) in [6.45, 7) is 0. The number of ether oxygens (including phenoxy) is 1. The maximum atomic E-state index is 6.33. The number of allylic oxidation sites excluding steroid dienone is 2. The summed E-state index contributed by atoms with van der Waals surface area (Å²) in [4.78, 5) is 13.5. The highest BCUT2D eigenvalue weighted by molar-refractivity contribution is 6.28.